The molecule has 11 nitrogen and oxygen atoms in total. The van der Waals surface area contributed by atoms with E-state index >= 15 is 0 Å². The summed E-state index contributed by atoms with van der Waals surface area (Å²) in [4.78, 5) is 8.32. The number of aromatic amines is 1. The Morgan fingerprint density at radius 3 is 2.61 bits per heavy atom. The molecule has 1 unspecified atom stereocenters. The summed E-state index contributed by atoms with van der Waals surface area (Å²) in [7, 11) is -7.89. The molecule has 5 aromatic rings. The standard InChI is InChI=1S/C19H12N8O3S3/c20-19-22-16-11(4-3-5-12(16)31-19)10-7-8-13-17(15(10)18-23-25-26-24-18)33(29,30)27-32(13,28)14-6-1-2-9-21-14/h1-9H,(H2,20,22)(H,23,24,25,26). The maximum Gasteiger partial charge on any atom is 0.292 e. The minimum Gasteiger partial charge on any atom is -0.375 e. The van der Waals surface area contributed by atoms with Crippen molar-refractivity contribution < 1.29 is 12.6 Å². The quantitative estimate of drug-likeness (QED) is 0.381. The Morgan fingerprint density at radius 1 is 0.970 bits per heavy atom. The van der Waals surface area contributed by atoms with Crippen LogP contribution in [0.4, 0.5) is 5.13 Å². The smallest absolute Gasteiger partial charge is 0.292 e. The molecule has 0 saturated heterocycles. The number of anilines is 1. The number of aromatic nitrogens is 6. The summed E-state index contributed by atoms with van der Waals surface area (Å²) in [6.45, 7) is 0. The molecule has 3 aromatic heterocycles. The fourth-order valence-electron chi connectivity index (χ4n) is 3.82. The molecule has 0 spiro atoms. The lowest BCUT2D eigenvalue weighted by molar-refractivity contribution is 0.598. The van der Waals surface area contributed by atoms with E-state index in [0.717, 1.165) is 4.70 Å². The summed E-state index contributed by atoms with van der Waals surface area (Å²) in [5, 5.41) is 14.2. The molecule has 33 heavy (non-hydrogen) atoms. The van der Waals surface area contributed by atoms with E-state index in [1.54, 1.807) is 24.3 Å². The predicted molar refractivity (Wildman–Crippen MR) is 121 cm³/mol. The van der Waals surface area contributed by atoms with Crippen molar-refractivity contribution >= 4 is 46.4 Å². The van der Waals surface area contributed by atoms with Gasteiger partial charge in [0.25, 0.3) is 10.0 Å². The van der Waals surface area contributed by atoms with Crippen LogP contribution in [0.3, 0.4) is 0 Å². The third-order valence-electron chi connectivity index (χ3n) is 5.11. The van der Waals surface area contributed by atoms with Crippen LogP contribution in [-0.2, 0) is 19.8 Å². The van der Waals surface area contributed by atoms with E-state index < -0.39 is 19.8 Å². The Hall–Kier alpha value is -3.75. The molecular formula is C19H12N8O3S3. The molecular weight excluding hydrogens is 484 g/mol. The van der Waals surface area contributed by atoms with Gasteiger partial charge in [0.2, 0.25) is 0 Å². The lowest BCUT2D eigenvalue weighted by Gasteiger charge is -2.13. The first kappa shape index (κ1) is 19.9. The summed E-state index contributed by atoms with van der Waals surface area (Å²) in [6, 6.07) is 13.4. The number of nitrogens with two attached hydrogens (primary N) is 1. The molecule has 1 aliphatic rings. The normalized spacial score (nSPS) is 18.8. The second-order valence-corrected chi connectivity index (χ2v) is 11.9. The van der Waals surface area contributed by atoms with Crippen LogP contribution in [0.2, 0.25) is 0 Å². The van der Waals surface area contributed by atoms with Gasteiger partial charge in [-0.2, -0.15) is 8.42 Å². The molecule has 0 fully saturated rings. The van der Waals surface area contributed by atoms with Gasteiger partial charge in [-0.05, 0) is 40.3 Å². The van der Waals surface area contributed by atoms with E-state index in [0.29, 0.717) is 21.8 Å². The van der Waals surface area contributed by atoms with Gasteiger partial charge in [-0.25, -0.2) is 19.3 Å². The lowest BCUT2D eigenvalue weighted by atomic mass is 9.98. The average molecular weight is 497 g/mol. The summed E-state index contributed by atoms with van der Waals surface area (Å²) < 4.78 is 45.2. The number of sulfonamides is 1. The van der Waals surface area contributed by atoms with E-state index in [-0.39, 0.29) is 26.2 Å². The first-order valence-electron chi connectivity index (χ1n) is 9.39. The Bertz CT molecular complexity index is 1790. The Morgan fingerprint density at radius 2 is 1.85 bits per heavy atom. The second kappa shape index (κ2) is 6.87. The van der Waals surface area contributed by atoms with E-state index in [2.05, 4.69) is 34.4 Å². The van der Waals surface area contributed by atoms with Gasteiger partial charge in [0, 0.05) is 11.8 Å². The molecule has 0 radical (unpaired) electrons. The van der Waals surface area contributed by atoms with Crippen molar-refractivity contribution in [3.8, 4) is 22.5 Å². The van der Waals surface area contributed by atoms with Gasteiger partial charge in [0.15, 0.2) is 11.0 Å². The number of H-pyrrole nitrogens is 1. The number of fused-ring (bicyclic) bond motifs is 2. The van der Waals surface area contributed by atoms with Crippen LogP contribution in [0.1, 0.15) is 0 Å². The van der Waals surface area contributed by atoms with E-state index in [1.807, 2.05) is 12.1 Å². The van der Waals surface area contributed by atoms with Crippen molar-refractivity contribution in [2.24, 2.45) is 3.77 Å². The van der Waals surface area contributed by atoms with Gasteiger partial charge in [0.1, 0.15) is 19.7 Å². The zero-order valence-corrected chi connectivity index (χ0v) is 18.9. The van der Waals surface area contributed by atoms with Crippen molar-refractivity contribution in [3.05, 3.63) is 54.7 Å². The number of hydrogen-bond donors (Lipinski definition) is 2. The largest absolute Gasteiger partial charge is 0.375 e. The number of benzene rings is 2. The van der Waals surface area contributed by atoms with Gasteiger partial charge < -0.3 is 5.73 Å². The van der Waals surface area contributed by atoms with Crippen molar-refractivity contribution in [2.75, 3.05) is 5.73 Å². The first-order valence-corrected chi connectivity index (χ1v) is 13.2. The highest BCUT2D eigenvalue weighted by Crippen LogP contribution is 2.47. The van der Waals surface area contributed by atoms with Crippen LogP contribution >= 0.6 is 11.3 Å². The van der Waals surface area contributed by atoms with Gasteiger partial charge in [-0.3, -0.25) is 0 Å². The average Bonchev–Trinajstić information content (AvgIpc) is 3.51. The molecule has 2 aromatic carbocycles. The highest BCUT2D eigenvalue weighted by atomic mass is 32.3. The zero-order valence-electron chi connectivity index (χ0n) is 16.4. The number of tetrazole rings is 1. The van der Waals surface area contributed by atoms with E-state index in [4.69, 9.17) is 5.73 Å². The fraction of sp³-hybridized carbons (Fsp3) is 0. The number of nitrogen functional groups attached to an aromatic ring is 1. The summed E-state index contributed by atoms with van der Waals surface area (Å²) in [5.41, 5.74) is 7.78. The molecule has 1 aliphatic heterocycles. The van der Waals surface area contributed by atoms with Crippen molar-refractivity contribution in [3.63, 3.8) is 0 Å². The van der Waals surface area contributed by atoms with Crippen molar-refractivity contribution in [2.45, 2.75) is 14.8 Å². The van der Waals surface area contributed by atoms with Gasteiger partial charge >= 0.3 is 0 Å². The van der Waals surface area contributed by atoms with Gasteiger partial charge in [0.05, 0.1) is 20.7 Å². The minimum absolute atomic E-state index is 0.0290. The molecule has 4 heterocycles. The summed E-state index contributed by atoms with van der Waals surface area (Å²) in [5.74, 6) is 0.0884. The highest BCUT2D eigenvalue weighted by molar-refractivity contribution is 8.06. The predicted octanol–water partition coefficient (Wildman–Crippen LogP) is 2.71. The third-order valence-corrected chi connectivity index (χ3v) is 10.4. The van der Waals surface area contributed by atoms with E-state index in [9.17, 15) is 12.6 Å². The number of thiazole rings is 1. The van der Waals surface area contributed by atoms with E-state index in [1.165, 1.54) is 29.7 Å². The number of hydrogen-bond acceptors (Lipinski definition) is 10. The van der Waals surface area contributed by atoms with Crippen LogP contribution in [0.5, 0.6) is 0 Å². The number of rotatable bonds is 3. The third kappa shape index (κ3) is 2.88. The topological polar surface area (TPSA) is 170 Å². The Kier molecular flexibility index (Phi) is 4.14. The SMILES string of the molecule is Nc1nc2c(-c3ccc4c(c3-c3nnn[nH]3)S(=O)(=O)N=S4(=O)c3ccccn3)cccc2s1. The molecule has 0 aliphatic carbocycles. The Balaban J connectivity index is 1.74. The Labute approximate surface area is 191 Å². The van der Waals surface area contributed by atoms with Crippen LogP contribution in [0.25, 0.3) is 32.7 Å². The minimum atomic E-state index is -4.35. The fourth-order valence-corrected chi connectivity index (χ4v) is 9.35. The number of pyridine rings is 1. The van der Waals surface area contributed by atoms with Crippen LogP contribution in [0, 0.1) is 0 Å². The van der Waals surface area contributed by atoms with Crippen LogP contribution in [0.15, 0.2) is 73.3 Å². The van der Waals surface area contributed by atoms with Crippen molar-refractivity contribution in [1.29, 1.82) is 0 Å². The molecule has 0 saturated carbocycles. The molecule has 3 N–H and O–H groups in total. The van der Waals surface area contributed by atoms with Gasteiger partial charge in [-0.15, -0.1) is 5.10 Å². The molecule has 0 amide bonds. The number of para-hydroxylation sites is 1. The lowest BCUT2D eigenvalue weighted by Crippen LogP contribution is -2.04. The highest BCUT2D eigenvalue weighted by Gasteiger charge is 2.40. The molecule has 6 rings (SSSR count). The number of nitrogens with zero attached hydrogens (tertiary/aromatic N) is 6. The first-order chi connectivity index (χ1) is 15.9. The molecule has 164 valence electrons. The zero-order chi connectivity index (χ0) is 22.8. The second-order valence-electron chi connectivity index (χ2n) is 7.01. The molecule has 14 heteroatoms. The van der Waals surface area contributed by atoms with Crippen LogP contribution in [-0.4, -0.2) is 43.2 Å². The van der Waals surface area contributed by atoms with Crippen molar-refractivity contribution in [1.82, 2.24) is 30.6 Å². The molecule has 1 atom stereocenters. The maximum atomic E-state index is 13.9. The summed E-state index contributed by atoms with van der Waals surface area (Å²) in [6.07, 6.45) is 1.44. The monoisotopic (exact) mass is 496 g/mol. The summed E-state index contributed by atoms with van der Waals surface area (Å²) >= 11 is 1.31. The van der Waals surface area contributed by atoms with Crippen LogP contribution < -0.4 is 5.73 Å². The number of nitrogens with one attached hydrogen (secondary N) is 1. The maximum absolute atomic E-state index is 13.9. The molecule has 0 bridgehead atoms. The van der Waals surface area contributed by atoms with Gasteiger partial charge in [-0.1, -0.05) is 39.4 Å².